The van der Waals surface area contributed by atoms with Gasteiger partial charge in [-0.25, -0.2) is 0 Å². The first-order valence-corrected chi connectivity index (χ1v) is 10.8. The second-order valence-corrected chi connectivity index (χ2v) is 8.03. The number of rotatable bonds is 12. The fraction of sp³-hybridized carbons (Fsp3) is 1.00. The van der Waals surface area contributed by atoms with Crippen LogP contribution in [0.1, 0.15) is 83.5 Å². The first-order chi connectivity index (χ1) is 12.3. The van der Waals surface area contributed by atoms with E-state index in [0.717, 1.165) is 44.1 Å². The van der Waals surface area contributed by atoms with Crippen LogP contribution in [0, 0.1) is 11.8 Å². The van der Waals surface area contributed by atoms with E-state index in [2.05, 4.69) is 0 Å². The predicted octanol–water partition coefficient (Wildman–Crippen LogP) is 4.07. The van der Waals surface area contributed by atoms with Gasteiger partial charge < -0.3 is 19.7 Å². The van der Waals surface area contributed by atoms with Crippen molar-refractivity contribution >= 4 is 0 Å². The summed E-state index contributed by atoms with van der Waals surface area (Å²) >= 11 is 0. The number of hydrogen-bond acceptors (Lipinski definition) is 4. The van der Waals surface area contributed by atoms with E-state index in [1.165, 1.54) is 57.8 Å². The largest absolute Gasteiger partial charge is 0.396 e. The Morgan fingerprint density at radius 2 is 0.960 bits per heavy atom. The van der Waals surface area contributed by atoms with Crippen LogP contribution in [0.5, 0.6) is 0 Å². The Hall–Kier alpha value is -0.160. The van der Waals surface area contributed by atoms with Gasteiger partial charge in [0, 0.05) is 26.4 Å². The number of hydrogen-bond donors (Lipinski definition) is 2. The van der Waals surface area contributed by atoms with Crippen LogP contribution >= 0.6 is 0 Å². The summed E-state index contributed by atoms with van der Waals surface area (Å²) < 4.78 is 11.9. The SMILES string of the molecule is OCCCCCCOC1CCC(C2CCC(OCCCO)CC2)CC1. The van der Waals surface area contributed by atoms with Gasteiger partial charge in [0.25, 0.3) is 0 Å². The molecule has 2 saturated carbocycles. The van der Waals surface area contributed by atoms with Crippen LogP contribution in [0.4, 0.5) is 0 Å². The van der Waals surface area contributed by atoms with Crippen molar-refractivity contribution in [3.8, 4) is 0 Å². The van der Waals surface area contributed by atoms with E-state index in [0.29, 0.717) is 25.4 Å². The first-order valence-electron chi connectivity index (χ1n) is 10.8. The molecule has 0 amide bonds. The molecule has 0 aromatic rings. The zero-order valence-electron chi connectivity index (χ0n) is 16.0. The minimum absolute atomic E-state index is 0.239. The van der Waals surface area contributed by atoms with Gasteiger partial charge in [0.2, 0.25) is 0 Å². The van der Waals surface area contributed by atoms with Gasteiger partial charge >= 0.3 is 0 Å². The van der Waals surface area contributed by atoms with E-state index < -0.39 is 0 Å². The zero-order chi connectivity index (χ0) is 17.7. The number of unbranched alkanes of at least 4 members (excludes halogenated alkanes) is 3. The van der Waals surface area contributed by atoms with Gasteiger partial charge in [-0.2, -0.15) is 0 Å². The molecule has 0 unspecified atom stereocenters. The van der Waals surface area contributed by atoms with Crippen molar-refractivity contribution in [2.45, 2.75) is 95.7 Å². The summed E-state index contributed by atoms with van der Waals surface area (Å²) in [5.41, 5.74) is 0. The lowest BCUT2D eigenvalue weighted by molar-refractivity contribution is -0.0137. The molecule has 4 heteroatoms. The van der Waals surface area contributed by atoms with Crippen LogP contribution < -0.4 is 0 Å². The molecular weight excluding hydrogens is 316 g/mol. The van der Waals surface area contributed by atoms with E-state index in [1.54, 1.807) is 0 Å². The molecule has 0 heterocycles. The topological polar surface area (TPSA) is 58.9 Å². The molecule has 148 valence electrons. The van der Waals surface area contributed by atoms with Gasteiger partial charge in [-0.1, -0.05) is 12.8 Å². The van der Waals surface area contributed by atoms with Gasteiger partial charge in [0.05, 0.1) is 12.2 Å². The molecule has 0 atom stereocenters. The van der Waals surface area contributed by atoms with Gasteiger partial charge in [0.1, 0.15) is 0 Å². The lowest BCUT2D eigenvalue weighted by atomic mass is 9.72. The second kappa shape index (κ2) is 13.1. The Bertz CT molecular complexity index is 307. The predicted molar refractivity (Wildman–Crippen MR) is 101 cm³/mol. The molecule has 2 N–H and O–H groups in total. The molecule has 2 rings (SSSR count). The molecule has 2 fully saturated rings. The lowest BCUT2D eigenvalue weighted by Crippen LogP contribution is -2.30. The van der Waals surface area contributed by atoms with Gasteiger partial charge in [0.15, 0.2) is 0 Å². The normalized spacial score (nSPS) is 30.5. The van der Waals surface area contributed by atoms with Crippen LogP contribution in [0.3, 0.4) is 0 Å². The summed E-state index contributed by atoms with van der Waals surface area (Å²) in [5.74, 6) is 1.81. The van der Waals surface area contributed by atoms with Crippen LogP contribution in [0.25, 0.3) is 0 Å². The summed E-state index contributed by atoms with van der Waals surface area (Å²) in [6.07, 6.45) is 16.3. The van der Waals surface area contributed by atoms with Crippen LogP contribution in [-0.4, -0.2) is 48.8 Å². The van der Waals surface area contributed by atoms with Crippen molar-refractivity contribution < 1.29 is 19.7 Å². The summed E-state index contributed by atoms with van der Waals surface area (Å²) in [5, 5.41) is 17.6. The van der Waals surface area contributed by atoms with E-state index in [4.69, 9.17) is 19.7 Å². The third-order valence-corrected chi connectivity index (χ3v) is 6.17. The van der Waals surface area contributed by atoms with Crippen molar-refractivity contribution in [3.63, 3.8) is 0 Å². The van der Waals surface area contributed by atoms with Crippen molar-refractivity contribution in [2.24, 2.45) is 11.8 Å². The highest BCUT2D eigenvalue weighted by molar-refractivity contribution is 4.82. The van der Waals surface area contributed by atoms with Gasteiger partial charge in [-0.15, -0.1) is 0 Å². The Labute approximate surface area is 154 Å². The van der Waals surface area contributed by atoms with Crippen molar-refractivity contribution in [1.29, 1.82) is 0 Å². The number of ether oxygens (including phenoxy) is 2. The lowest BCUT2D eigenvalue weighted by Gasteiger charge is -2.37. The minimum atomic E-state index is 0.239. The average molecular weight is 357 g/mol. The number of aliphatic hydroxyl groups excluding tert-OH is 2. The highest BCUT2D eigenvalue weighted by atomic mass is 16.5. The Morgan fingerprint density at radius 1 is 0.520 bits per heavy atom. The Kier molecular flexibility index (Phi) is 11.1. The van der Waals surface area contributed by atoms with Gasteiger partial charge in [-0.3, -0.25) is 0 Å². The molecule has 4 nitrogen and oxygen atoms in total. The van der Waals surface area contributed by atoms with Crippen LogP contribution in [-0.2, 0) is 9.47 Å². The monoisotopic (exact) mass is 356 g/mol. The molecule has 0 aliphatic heterocycles. The third-order valence-electron chi connectivity index (χ3n) is 6.17. The maximum absolute atomic E-state index is 8.83. The minimum Gasteiger partial charge on any atom is -0.396 e. The fourth-order valence-corrected chi connectivity index (χ4v) is 4.59. The molecule has 0 aromatic carbocycles. The first kappa shape index (κ1) is 21.1. The maximum atomic E-state index is 8.83. The zero-order valence-corrected chi connectivity index (χ0v) is 16.0. The highest BCUT2D eigenvalue weighted by Gasteiger charge is 2.31. The summed E-state index contributed by atoms with van der Waals surface area (Å²) in [7, 11) is 0. The molecule has 0 bridgehead atoms. The maximum Gasteiger partial charge on any atom is 0.0575 e. The van der Waals surface area contributed by atoms with Crippen molar-refractivity contribution in [2.75, 3.05) is 26.4 Å². The molecule has 2 aliphatic carbocycles. The Morgan fingerprint density at radius 3 is 1.44 bits per heavy atom. The van der Waals surface area contributed by atoms with Crippen LogP contribution in [0.2, 0.25) is 0 Å². The molecule has 0 aromatic heterocycles. The molecule has 2 aliphatic rings. The average Bonchev–Trinajstić information content (AvgIpc) is 2.66. The molecule has 0 radical (unpaired) electrons. The highest BCUT2D eigenvalue weighted by Crippen LogP contribution is 2.39. The van der Waals surface area contributed by atoms with E-state index >= 15 is 0 Å². The van der Waals surface area contributed by atoms with Gasteiger partial charge in [-0.05, 0) is 82.5 Å². The number of aliphatic hydroxyl groups is 2. The standard InChI is InChI=1S/C21H40O4/c22-14-3-1-2-4-16-24-20-10-6-18(7-11-20)19-8-12-21(13-9-19)25-17-5-15-23/h18-23H,1-17H2. The summed E-state index contributed by atoms with van der Waals surface area (Å²) in [6, 6.07) is 0. The second-order valence-electron chi connectivity index (χ2n) is 8.03. The van der Waals surface area contributed by atoms with E-state index in [1.807, 2.05) is 0 Å². The van der Waals surface area contributed by atoms with E-state index in [9.17, 15) is 0 Å². The Balaban J connectivity index is 1.51. The van der Waals surface area contributed by atoms with Crippen LogP contribution in [0.15, 0.2) is 0 Å². The summed E-state index contributed by atoms with van der Waals surface area (Å²) in [6.45, 7) is 2.18. The molecule has 0 saturated heterocycles. The summed E-state index contributed by atoms with van der Waals surface area (Å²) in [4.78, 5) is 0. The third kappa shape index (κ3) is 8.38. The van der Waals surface area contributed by atoms with Crippen molar-refractivity contribution in [3.05, 3.63) is 0 Å². The van der Waals surface area contributed by atoms with E-state index in [-0.39, 0.29) is 6.61 Å². The molecule has 0 spiro atoms. The quantitative estimate of drug-likeness (QED) is 0.518. The smallest absolute Gasteiger partial charge is 0.0575 e. The molecule has 25 heavy (non-hydrogen) atoms. The van der Waals surface area contributed by atoms with Crippen molar-refractivity contribution in [1.82, 2.24) is 0 Å². The fourth-order valence-electron chi connectivity index (χ4n) is 4.59. The molecular formula is C21H40O4.